The van der Waals surface area contributed by atoms with Gasteiger partial charge in [0.2, 0.25) is 10.0 Å². The third kappa shape index (κ3) is 3.72. The van der Waals surface area contributed by atoms with Crippen molar-refractivity contribution in [1.82, 2.24) is 9.21 Å². The van der Waals surface area contributed by atoms with Gasteiger partial charge in [-0.2, -0.15) is 4.31 Å². The fourth-order valence-electron chi connectivity index (χ4n) is 3.71. The highest BCUT2D eigenvalue weighted by Crippen LogP contribution is 2.31. The van der Waals surface area contributed by atoms with Gasteiger partial charge in [-0.25, -0.2) is 13.2 Å². The van der Waals surface area contributed by atoms with Gasteiger partial charge >= 0.3 is 5.97 Å². The molecule has 1 aliphatic rings. The number of carbonyl (C=O) groups excluding carboxylic acids is 1. The van der Waals surface area contributed by atoms with E-state index in [9.17, 15) is 13.2 Å². The van der Waals surface area contributed by atoms with Gasteiger partial charge in [-0.05, 0) is 26.3 Å². The molecular formula is C20H26N2O5S. The molecular weight excluding hydrogens is 380 g/mol. The number of sulfonamides is 1. The van der Waals surface area contributed by atoms with Gasteiger partial charge in [0.05, 0.1) is 7.11 Å². The lowest BCUT2D eigenvalue weighted by atomic mass is 10.1. The van der Waals surface area contributed by atoms with Crippen LogP contribution in [-0.4, -0.2) is 56.9 Å². The van der Waals surface area contributed by atoms with E-state index < -0.39 is 16.0 Å². The van der Waals surface area contributed by atoms with Crippen molar-refractivity contribution in [3.63, 3.8) is 0 Å². The van der Waals surface area contributed by atoms with Crippen molar-refractivity contribution >= 4 is 16.0 Å². The molecule has 152 valence electrons. The second kappa shape index (κ2) is 8.06. The summed E-state index contributed by atoms with van der Waals surface area (Å²) < 4.78 is 38.1. The fourth-order valence-corrected chi connectivity index (χ4v) is 5.51. The van der Waals surface area contributed by atoms with Crippen molar-refractivity contribution in [3.05, 3.63) is 53.0 Å². The molecule has 8 heteroatoms. The highest BCUT2D eigenvalue weighted by atomic mass is 32.2. The van der Waals surface area contributed by atoms with Crippen LogP contribution in [0.5, 0.6) is 0 Å². The van der Waals surface area contributed by atoms with E-state index in [0.29, 0.717) is 26.2 Å². The molecule has 0 aliphatic carbocycles. The number of ether oxygens (including phenoxy) is 1. The minimum absolute atomic E-state index is 0.0138. The van der Waals surface area contributed by atoms with Gasteiger partial charge in [0.25, 0.3) is 0 Å². The number of nitrogens with zero attached hydrogens (tertiary/aromatic N) is 2. The summed E-state index contributed by atoms with van der Waals surface area (Å²) in [6.07, 6.45) is 0. The van der Waals surface area contributed by atoms with Gasteiger partial charge in [-0.3, -0.25) is 4.90 Å². The van der Waals surface area contributed by atoms with Crippen LogP contribution in [0.15, 0.2) is 39.6 Å². The fraction of sp³-hybridized carbons (Fsp3) is 0.450. The first-order valence-electron chi connectivity index (χ1n) is 9.24. The summed E-state index contributed by atoms with van der Waals surface area (Å²) in [4.78, 5) is 14.3. The van der Waals surface area contributed by atoms with E-state index >= 15 is 0 Å². The lowest BCUT2D eigenvalue weighted by Crippen LogP contribution is -2.49. The lowest BCUT2D eigenvalue weighted by Gasteiger charge is -2.37. The van der Waals surface area contributed by atoms with E-state index in [2.05, 4.69) is 24.0 Å². The number of piperazine rings is 1. The van der Waals surface area contributed by atoms with Crippen molar-refractivity contribution < 1.29 is 22.4 Å². The molecule has 0 bridgehead atoms. The number of rotatable bonds is 5. The average Bonchev–Trinajstić information content (AvgIpc) is 3.02. The van der Waals surface area contributed by atoms with Crippen LogP contribution in [0.4, 0.5) is 0 Å². The Morgan fingerprint density at radius 3 is 2.25 bits per heavy atom. The normalized spacial score (nSPS) is 17.4. The maximum Gasteiger partial charge on any atom is 0.342 e. The minimum Gasteiger partial charge on any atom is -0.465 e. The Hall–Kier alpha value is -2.16. The SMILES string of the molecule is COC(=O)c1c(C)oc(C)c1S(=O)(=O)N1CCN(C(C)c2ccccc2)CC1. The average molecular weight is 407 g/mol. The number of carbonyl (C=O) groups is 1. The number of esters is 1. The van der Waals surface area contributed by atoms with Crippen LogP contribution >= 0.6 is 0 Å². The molecule has 1 fully saturated rings. The van der Waals surface area contributed by atoms with Crippen LogP contribution in [0.2, 0.25) is 0 Å². The molecule has 2 heterocycles. The highest BCUT2D eigenvalue weighted by molar-refractivity contribution is 7.89. The topological polar surface area (TPSA) is 80.1 Å². The molecule has 2 aromatic rings. The molecule has 1 aromatic carbocycles. The Morgan fingerprint density at radius 1 is 1.07 bits per heavy atom. The number of benzene rings is 1. The zero-order chi connectivity index (χ0) is 20.5. The first kappa shape index (κ1) is 20.6. The summed E-state index contributed by atoms with van der Waals surface area (Å²) in [5.41, 5.74) is 1.19. The smallest absolute Gasteiger partial charge is 0.342 e. The number of aryl methyl sites for hydroxylation is 2. The predicted molar refractivity (Wildman–Crippen MR) is 105 cm³/mol. The van der Waals surface area contributed by atoms with Crippen LogP contribution in [0.25, 0.3) is 0 Å². The molecule has 1 saturated heterocycles. The Bertz CT molecular complexity index is 944. The first-order chi connectivity index (χ1) is 13.3. The van der Waals surface area contributed by atoms with Crippen molar-refractivity contribution in [3.8, 4) is 0 Å². The molecule has 0 saturated carbocycles. The van der Waals surface area contributed by atoms with Crippen LogP contribution in [0.1, 0.15) is 40.4 Å². The van der Waals surface area contributed by atoms with E-state index in [1.54, 1.807) is 13.8 Å². The number of hydrogen-bond donors (Lipinski definition) is 0. The van der Waals surface area contributed by atoms with Crippen LogP contribution in [-0.2, 0) is 14.8 Å². The largest absolute Gasteiger partial charge is 0.465 e. The zero-order valence-corrected chi connectivity index (χ0v) is 17.5. The Labute approximate surface area is 165 Å². The van der Waals surface area contributed by atoms with Crippen molar-refractivity contribution in [2.45, 2.75) is 31.7 Å². The summed E-state index contributed by atoms with van der Waals surface area (Å²) in [6, 6.07) is 10.3. The minimum atomic E-state index is -3.86. The maximum absolute atomic E-state index is 13.2. The van der Waals surface area contributed by atoms with Crippen molar-refractivity contribution in [2.24, 2.45) is 0 Å². The van der Waals surface area contributed by atoms with E-state index in [1.807, 2.05) is 18.2 Å². The predicted octanol–water partition coefficient (Wildman–Crippen LogP) is 2.75. The Morgan fingerprint density at radius 2 is 1.68 bits per heavy atom. The zero-order valence-electron chi connectivity index (χ0n) is 16.6. The number of methoxy groups -OCH3 is 1. The second-order valence-corrected chi connectivity index (χ2v) is 8.81. The van der Waals surface area contributed by atoms with E-state index in [1.165, 1.54) is 17.0 Å². The molecule has 0 radical (unpaired) electrons. The molecule has 1 aliphatic heterocycles. The molecule has 0 spiro atoms. The number of hydrogen-bond acceptors (Lipinski definition) is 6. The van der Waals surface area contributed by atoms with Crippen LogP contribution in [0, 0.1) is 13.8 Å². The van der Waals surface area contributed by atoms with Crippen molar-refractivity contribution in [1.29, 1.82) is 0 Å². The van der Waals surface area contributed by atoms with Gasteiger partial charge < -0.3 is 9.15 Å². The second-order valence-electron chi connectivity index (χ2n) is 6.94. The van der Waals surface area contributed by atoms with Crippen molar-refractivity contribution in [2.75, 3.05) is 33.3 Å². The molecule has 1 atom stereocenters. The maximum atomic E-state index is 13.2. The van der Waals surface area contributed by atoms with Gasteiger partial charge in [-0.15, -0.1) is 0 Å². The standard InChI is InChI=1S/C20H26N2O5S/c1-14(17-8-6-5-7-9-17)21-10-12-22(13-11-21)28(24,25)19-16(3)27-15(2)18(19)20(23)26-4/h5-9,14H,10-13H2,1-4H3. The summed E-state index contributed by atoms with van der Waals surface area (Å²) in [5.74, 6) is -0.249. The third-order valence-electron chi connectivity index (χ3n) is 5.30. The first-order valence-corrected chi connectivity index (χ1v) is 10.7. The van der Waals surface area contributed by atoms with Gasteiger partial charge in [0.1, 0.15) is 22.0 Å². The summed E-state index contributed by atoms with van der Waals surface area (Å²) >= 11 is 0. The summed E-state index contributed by atoms with van der Waals surface area (Å²) in [7, 11) is -2.63. The molecule has 0 N–H and O–H groups in total. The number of furan rings is 1. The summed E-state index contributed by atoms with van der Waals surface area (Å²) in [5, 5.41) is 0. The lowest BCUT2D eigenvalue weighted by molar-refractivity contribution is 0.0594. The monoisotopic (exact) mass is 406 g/mol. The van der Waals surface area contributed by atoms with E-state index in [0.717, 1.165) is 0 Å². The van der Waals surface area contributed by atoms with Crippen LogP contribution < -0.4 is 0 Å². The molecule has 1 unspecified atom stereocenters. The molecule has 28 heavy (non-hydrogen) atoms. The Balaban J connectivity index is 1.80. The molecule has 7 nitrogen and oxygen atoms in total. The third-order valence-corrected chi connectivity index (χ3v) is 7.35. The van der Waals surface area contributed by atoms with E-state index in [4.69, 9.17) is 9.15 Å². The summed E-state index contributed by atoms with van der Waals surface area (Å²) in [6.45, 7) is 7.17. The van der Waals surface area contributed by atoms with Gasteiger partial charge in [-0.1, -0.05) is 30.3 Å². The van der Waals surface area contributed by atoms with Gasteiger partial charge in [0.15, 0.2) is 0 Å². The van der Waals surface area contributed by atoms with E-state index in [-0.39, 0.29) is 28.0 Å². The van der Waals surface area contributed by atoms with Gasteiger partial charge in [0, 0.05) is 32.2 Å². The molecule has 3 rings (SSSR count). The highest BCUT2D eigenvalue weighted by Gasteiger charge is 2.37. The molecule has 0 amide bonds. The molecule has 1 aromatic heterocycles. The Kier molecular flexibility index (Phi) is 5.92. The quantitative estimate of drug-likeness (QED) is 0.711. The van der Waals surface area contributed by atoms with Crippen LogP contribution in [0.3, 0.4) is 0 Å².